The lowest BCUT2D eigenvalue weighted by molar-refractivity contribution is -0.136. The molecule has 0 saturated carbocycles. The molecule has 1 atom stereocenters. The molecule has 10 heteroatoms. The summed E-state index contributed by atoms with van der Waals surface area (Å²) < 4.78 is 34.7. The molecule has 3 aliphatic rings. The number of amides is 2. The minimum atomic E-state index is -3.68. The SMILES string of the molecule is CN(C)C(=O)[C@@H]1CN(C(=O)C2CCN(C3=NS(=O)(=O)c4ccccc43)CC2)c2ccccc2O1. The van der Waals surface area contributed by atoms with Crippen LogP contribution in [0.15, 0.2) is 57.8 Å². The topological polar surface area (TPSA) is 99.6 Å². The Kier molecular flexibility index (Phi) is 5.55. The maximum Gasteiger partial charge on any atom is 0.285 e. The van der Waals surface area contributed by atoms with Gasteiger partial charge in [0.2, 0.25) is 5.91 Å². The van der Waals surface area contributed by atoms with Crippen LogP contribution in [0.2, 0.25) is 0 Å². The van der Waals surface area contributed by atoms with Crippen LogP contribution in [0.4, 0.5) is 5.69 Å². The van der Waals surface area contributed by atoms with Crippen LogP contribution in [0.5, 0.6) is 5.75 Å². The lowest BCUT2D eigenvalue weighted by Gasteiger charge is -2.39. The van der Waals surface area contributed by atoms with E-state index >= 15 is 0 Å². The van der Waals surface area contributed by atoms with Gasteiger partial charge in [-0.1, -0.05) is 24.3 Å². The van der Waals surface area contributed by atoms with Gasteiger partial charge < -0.3 is 19.4 Å². The Bertz CT molecular complexity index is 1280. The molecule has 0 bridgehead atoms. The van der Waals surface area contributed by atoms with Crippen molar-refractivity contribution < 1.29 is 22.7 Å². The molecule has 2 aromatic carbocycles. The molecule has 1 saturated heterocycles. The molecule has 1 fully saturated rings. The summed E-state index contributed by atoms with van der Waals surface area (Å²) >= 11 is 0. The molecule has 178 valence electrons. The Balaban J connectivity index is 1.33. The fourth-order valence-corrected chi connectivity index (χ4v) is 5.96. The van der Waals surface area contributed by atoms with E-state index in [1.165, 1.54) is 4.90 Å². The number of likely N-dealkylation sites (N-methyl/N-ethyl adjacent to an activating group) is 1. The highest BCUT2D eigenvalue weighted by Gasteiger charge is 2.39. The van der Waals surface area contributed by atoms with E-state index in [-0.39, 0.29) is 29.2 Å². The van der Waals surface area contributed by atoms with Crippen molar-refractivity contribution in [2.75, 3.05) is 38.6 Å². The van der Waals surface area contributed by atoms with Gasteiger partial charge in [0.1, 0.15) is 10.6 Å². The lowest BCUT2D eigenvalue weighted by Crippen LogP contribution is -2.52. The Morgan fingerprint density at radius 3 is 2.44 bits per heavy atom. The summed E-state index contributed by atoms with van der Waals surface area (Å²) in [7, 11) is -0.355. The van der Waals surface area contributed by atoms with Crippen molar-refractivity contribution in [1.29, 1.82) is 0 Å². The number of rotatable bonds is 2. The van der Waals surface area contributed by atoms with Gasteiger partial charge in [-0.25, -0.2) is 0 Å². The third-order valence-corrected chi connectivity index (χ3v) is 7.84. The van der Waals surface area contributed by atoms with Crippen molar-refractivity contribution in [2.24, 2.45) is 10.3 Å². The smallest absolute Gasteiger partial charge is 0.285 e. The number of carbonyl (C=O) groups is 2. The largest absolute Gasteiger partial charge is 0.476 e. The molecule has 9 nitrogen and oxygen atoms in total. The van der Waals surface area contributed by atoms with E-state index in [4.69, 9.17) is 4.74 Å². The average Bonchev–Trinajstić information content (AvgIpc) is 3.13. The summed E-state index contributed by atoms with van der Waals surface area (Å²) in [6.07, 6.45) is 0.362. The number of piperidine rings is 1. The molecule has 0 radical (unpaired) electrons. The molecule has 3 aliphatic heterocycles. The normalized spacial score (nSPS) is 21.2. The predicted molar refractivity (Wildman–Crippen MR) is 126 cm³/mol. The number of likely N-dealkylation sites (tertiary alicyclic amines) is 1. The van der Waals surface area contributed by atoms with Gasteiger partial charge in [-0.3, -0.25) is 9.59 Å². The Hall–Kier alpha value is -3.40. The van der Waals surface area contributed by atoms with Crippen molar-refractivity contribution in [3.63, 3.8) is 0 Å². The van der Waals surface area contributed by atoms with E-state index in [0.29, 0.717) is 48.8 Å². The molecule has 0 unspecified atom stereocenters. The first kappa shape index (κ1) is 22.4. The Labute approximate surface area is 198 Å². The molecule has 0 spiro atoms. The van der Waals surface area contributed by atoms with E-state index in [1.54, 1.807) is 49.3 Å². The van der Waals surface area contributed by atoms with Crippen LogP contribution >= 0.6 is 0 Å². The van der Waals surface area contributed by atoms with Gasteiger partial charge in [-0.05, 0) is 37.1 Å². The molecule has 3 heterocycles. The fourth-order valence-electron chi connectivity index (χ4n) is 4.73. The summed E-state index contributed by atoms with van der Waals surface area (Å²) in [6.45, 7) is 1.20. The molecule has 34 heavy (non-hydrogen) atoms. The van der Waals surface area contributed by atoms with E-state index in [0.717, 1.165) is 0 Å². The molecule has 5 rings (SSSR count). The van der Waals surface area contributed by atoms with Crippen LogP contribution in [-0.4, -0.2) is 75.7 Å². The van der Waals surface area contributed by atoms with E-state index in [1.807, 2.05) is 23.1 Å². The zero-order valence-corrected chi connectivity index (χ0v) is 19.9. The van der Waals surface area contributed by atoms with Crippen LogP contribution < -0.4 is 9.64 Å². The summed E-state index contributed by atoms with van der Waals surface area (Å²) in [5.74, 6) is 0.484. The molecular weight excluding hydrogens is 456 g/mol. The summed E-state index contributed by atoms with van der Waals surface area (Å²) in [5.41, 5.74) is 1.28. The van der Waals surface area contributed by atoms with E-state index < -0.39 is 16.1 Å². The van der Waals surface area contributed by atoms with Crippen LogP contribution in [0, 0.1) is 5.92 Å². The molecule has 2 aromatic rings. The maximum absolute atomic E-state index is 13.6. The van der Waals surface area contributed by atoms with Crippen LogP contribution in [0.25, 0.3) is 0 Å². The van der Waals surface area contributed by atoms with Gasteiger partial charge in [0.15, 0.2) is 11.9 Å². The minimum Gasteiger partial charge on any atom is -0.476 e. The van der Waals surface area contributed by atoms with Crippen molar-refractivity contribution in [3.05, 3.63) is 54.1 Å². The van der Waals surface area contributed by atoms with Gasteiger partial charge in [0, 0.05) is 38.7 Å². The second-order valence-electron chi connectivity index (χ2n) is 8.90. The number of para-hydroxylation sites is 2. The first-order chi connectivity index (χ1) is 16.3. The highest BCUT2D eigenvalue weighted by atomic mass is 32.2. The number of anilines is 1. The first-order valence-corrected chi connectivity index (χ1v) is 12.7. The van der Waals surface area contributed by atoms with Gasteiger partial charge in [-0.15, -0.1) is 4.40 Å². The zero-order valence-electron chi connectivity index (χ0n) is 19.0. The minimum absolute atomic E-state index is 0.0478. The van der Waals surface area contributed by atoms with Crippen molar-refractivity contribution >= 4 is 33.4 Å². The quantitative estimate of drug-likeness (QED) is 0.647. The van der Waals surface area contributed by atoms with Crippen molar-refractivity contribution in [3.8, 4) is 5.75 Å². The number of carbonyl (C=O) groups excluding carboxylic acids is 2. The van der Waals surface area contributed by atoms with Crippen molar-refractivity contribution in [1.82, 2.24) is 9.80 Å². The third kappa shape index (κ3) is 3.81. The number of ether oxygens (including phenoxy) is 1. The molecule has 0 N–H and O–H groups in total. The molecule has 0 aliphatic carbocycles. The number of benzene rings is 2. The predicted octanol–water partition coefficient (Wildman–Crippen LogP) is 1.73. The number of hydrogen-bond acceptors (Lipinski definition) is 6. The summed E-state index contributed by atoms with van der Waals surface area (Å²) in [6, 6.07) is 14.1. The molecule has 2 amide bonds. The molecule has 0 aromatic heterocycles. The molecular formula is C24H26N4O5S. The van der Waals surface area contributed by atoms with Gasteiger partial charge in [0.25, 0.3) is 15.9 Å². The first-order valence-electron chi connectivity index (χ1n) is 11.2. The number of fused-ring (bicyclic) bond motifs is 2. The van der Waals surface area contributed by atoms with Crippen LogP contribution in [-0.2, 0) is 19.6 Å². The lowest BCUT2D eigenvalue weighted by atomic mass is 9.94. The number of amidine groups is 1. The number of hydrogen-bond donors (Lipinski definition) is 0. The number of sulfonamides is 1. The van der Waals surface area contributed by atoms with Gasteiger partial charge >= 0.3 is 0 Å². The van der Waals surface area contributed by atoms with Crippen molar-refractivity contribution in [2.45, 2.75) is 23.8 Å². The standard InChI is InChI=1S/C24H26N4O5S/c1-26(2)24(30)20-15-28(18-8-4-5-9-19(18)33-20)23(29)16-11-13-27(14-12-16)22-17-7-3-6-10-21(17)34(31,32)25-22/h3-10,16,20H,11-15H2,1-2H3/t20-/m0/s1. The Morgan fingerprint density at radius 1 is 1.03 bits per heavy atom. The number of nitrogens with zero attached hydrogens (tertiary/aromatic N) is 4. The van der Waals surface area contributed by atoms with Gasteiger partial charge in [-0.2, -0.15) is 8.42 Å². The zero-order chi connectivity index (χ0) is 24.0. The fraction of sp³-hybridized carbons (Fsp3) is 0.375. The van der Waals surface area contributed by atoms with Crippen LogP contribution in [0.3, 0.4) is 0 Å². The van der Waals surface area contributed by atoms with Crippen LogP contribution in [0.1, 0.15) is 18.4 Å². The highest BCUT2D eigenvalue weighted by Crippen LogP contribution is 2.36. The maximum atomic E-state index is 13.6. The second kappa shape index (κ2) is 8.43. The third-order valence-electron chi connectivity index (χ3n) is 6.51. The average molecular weight is 483 g/mol. The highest BCUT2D eigenvalue weighted by molar-refractivity contribution is 7.90. The second-order valence-corrected chi connectivity index (χ2v) is 10.5. The summed E-state index contributed by atoms with van der Waals surface area (Å²) in [4.78, 5) is 31.5. The van der Waals surface area contributed by atoms with E-state index in [2.05, 4.69) is 4.40 Å². The van der Waals surface area contributed by atoms with Gasteiger partial charge in [0.05, 0.1) is 12.2 Å². The monoisotopic (exact) mass is 482 g/mol. The summed E-state index contributed by atoms with van der Waals surface area (Å²) in [5, 5.41) is 0. The van der Waals surface area contributed by atoms with E-state index in [9.17, 15) is 18.0 Å². The Morgan fingerprint density at radius 2 is 1.71 bits per heavy atom.